The highest BCUT2D eigenvalue weighted by Gasteiger charge is 2.02. The Morgan fingerprint density at radius 3 is 3.15 bits per heavy atom. The molecule has 0 aliphatic rings. The third-order valence-corrected chi connectivity index (χ3v) is 3.16. The Morgan fingerprint density at radius 2 is 2.45 bits per heavy atom. The summed E-state index contributed by atoms with van der Waals surface area (Å²) in [4.78, 5) is 3.30. The highest BCUT2D eigenvalue weighted by molar-refractivity contribution is 7.79. The molecule has 1 heterocycles. The topological polar surface area (TPSA) is 79.0 Å². The van der Waals surface area contributed by atoms with E-state index in [4.69, 9.17) is 26.1 Å². The van der Waals surface area contributed by atoms with Gasteiger partial charge in [0.1, 0.15) is 6.07 Å². The van der Waals surface area contributed by atoms with Gasteiger partial charge in [-0.05, 0) is 48.8 Å². The Balaban J connectivity index is 2.05. The van der Waals surface area contributed by atoms with Gasteiger partial charge in [0.15, 0.2) is 5.58 Å². The van der Waals surface area contributed by atoms with Gasteiger partial charge in [0.2, 0.25) is 16.8 Å². The van der Waals surface area contributed by atoms with Crippen molar-refractivity contribution in [2.75, 3.05) is 6.26 Å². The van der Waals surface area contributed by atoms with E-state index >= 15 is 0 Å². The van der Waals surface area contributed by atoms with E-state index in [1.54, 1.807) is 6.08 Å². The van der Waals surface area contributed by atoms with Gasteiger partial charge in [0.25, 0.3) is 4.84 Å². The largest absolute Gasteiger partial charge is 0.429 e. The van der Waals surface area contributed by atoms with Crippen LogP contribution in [0, 0.1) is 16.2 Å². The van der Waals surface area contributed by atoms with Crippen molar-refractivity contribution in [1.82, 2.24) is 4.98 Å². The number of H-pyrrole nitrogens is 1. The second-order valence-electron chi connectivity index (χ2n) is 4.05. The van der Waals surface area contributed by atoms with Crippen LogP contribution in [0.5, 0.6) is 0 Å². The molecule has 0 aliphatic heterocycles. The average molecular weight is 308 g/mol. The maximum atomic E-state index is 10.9. The van der Waals surface area contributed by atoms with Crippen LogP contribution in [0.4, 0.5) is 0 Å². The minimum Gasteiger partial charge on any atom is -0.429 e. The second kappa shape index (κ2) is 6.50. The molecule has 0 fully saturated rings. The van der Waals surface area contributed by atoms with Gasteiger partial charge in [-0.1, -0.05) is 6.07 Å². The van der Waals surface area contributed by atoms with E-state index in [1.807, 2.05) is 24.3 Å². The smallest absolute Gasteiger partial charge is 0.266 e. The van der Waals surface area contributed by atoms with Crippen LogP contribution in [0.2, 0.25) is 0 Å². The molecule has 1 aromatic heterocycles. The summed E-state index contributed by atoms with van der Waals surface area (Å²) >= 11 is 3.44. The van der Waals surface area contributed by atoms with Crippen molar-refractivity contribution in [1.29, 1.82) is 5.26 Å². The number of nitriles is 1. The molecule has 2 rings (SSSR count). The maximum Gasteiger partial charge on any atom is 0.266 e. The number of nitrogens with zero attached hydrogens (tertiary/aromatic N) is 1. The molecule has 2 aromatic rings. The zero-order valence-electron chi connectivity index (χ0n) is 10.7. The Kier molecular flexibility index (Phi) is 4.71. The van der Waals surface area contributed by atoms with Gasteiger partial charge >= 0.3 is 0 Å². The molecule has 0 saturated heterocycles. The van der Waals surface area contributed by atoms with Gasteiger partial charge in [-0.3, -0.25) is 0 Å². The number of rotatable bonds is 5. The van der Waals surface area contributed by atoms with Gasteiger partial charge in [-0.15, -0.1) is 0 Å². The molecule has 0 amide bonds. The third-order valence-electron chi connectivity index (χ3n) is 2.56. The average Bonchev–Trinajstić information content (AvgIpc) is 2.76. The van der Waals surface area contributed by atoms with Gasteiger partial charge in [-0.25, -0.2) is 4.21 Å². The first-order valence-electron chi connectivity index (χ1n) is 5.82. The molecule has 20 heavy (non-hydrogen) atoms. The summed E-state index contributed by atoms with van der Waals surface area (Å²) in [5.74, 6) is 0.0784. The van der Waals surface area contributed by atoms with Crippen LogP contribution in [0.15, 0.2) is 34.5 Å². The van der Waals surface area contributed by atoms with Crippen LogP contribution >= 0.6 is 12.2 Å². The Labute approximate surface area is 123 Å². The van der Waals surface area contributed by atoms with Crippen molar-refractivity contribution in [3.05, 3.63) is 40.4 Å². The summed E-state index contributed by atoms with van der Waals surface area (Å²) in [5.41, 5.74) is 2.65. The van der Waals surface area contributed by atoms with Crippen molar-refractivity contribution >= 4 is 34.4 Å². The van der Waals surface area contributed by atoms with E-state index in [-0.39, 0.29) is 5.76 Å². The summed E-state index contributed by atoms with van der Waals surface area (Å²) in [6.07, 6.45) is 4.35. The predicted molar refractivity (Wildman–Crippen MR) is 78.6 cm³/mol. The number of hydrogen-bond acceptors (Lipinski definition) is 5. The highest BCUT2D eigenvalue weighted by Crippen LogP contribution is 2.16. The number of fused-ring (bicyclic) bond motifs is 1. The lowest BCUT2D eigenvalue weighted by Crippen LogP contribution is -1.93. The van der Waals surface area contributed by atoms with Gasteiger partial charge in [0, 0.05) is 6.26 Å². The van der Waals surface area contributed by atoms with E-state index in [1.165, 1.54) is 6.26 Å². The first-order valence-corrected chi connectivity index (χ1v) is 7.71. The van der Waals surface area contributed by atoms with Gasteiger partial charge in [0.05, 0.1) is 5.52 Å². The first kappa shape index (κ1) is 14.5. The van der Waals surface area contributed by atoms with Crippen molar-refractivity contribution < 1.29 is 12.8 Å². The summed E-state index contributed by atoms with van der Waals surface area (Å²) in [6.45, 7) is 0. The molecule has 1 unspecified atom stereocenters. The van der Waals surface area contributed by atoms with Crippen LogP contribution in [-0.4, -0.2) is 15.4 Å². The summed E-state index contributed by atoms with van der Waals surface area (Å²) in [6, 6.07) is 7.60. The molecule has 1 atom stereocenters. The molecule has 0 aliphatic carbocycles. The van der Waals surface area contributed by atoms with Gasteiger partial charge in [-0.2, -0.15) is 5.26 Å². The third kappa shape index (κ3) is 3.79. The van der Waals surface area contributed by atoms with Crippen molar-refractivity contribution in [3.8, 4) is 6.07 Å². The summed E-state index contributed by atoms with van der Waals surface area (Å²) in [5, 5.41) is 8.81. The molecule has 0 spiro atoms. The fraction of sp³-hybridized carbons (Fsp3) is 0.231. The first-order chi connectivity index (χ1) is 9.58. The number of aryl methyl sites for hydroxylation is 1. The van der Waals surface area contributed by atoms with Crippen LogP contribution in [0.3, 0.4) is 0 Å². The van der Waals surface area contributed by atoms with E-state index in [0.29, 0.717) is 11.3 Å². The highest BCUT2D eigenvalue weighted by atomic mass is 32.2. The zero-order valence-corrected chi connectivity index (χ0v) is 12.3. The molecule has 0 bridgehead atoms. The molecule has 7 heteroatoms. The normalized spacial score (nSPS) is 13.1. The zero-order chi connectivity index (χ0) is 14.5. The van der Waals surface area contributed by atoms with Crippen molar-refractivity contribution in [2.24, 2.45) is 0 Å². The lowest BCUT2D eigenvalue weighted by molar-refractivity contribution is 0.478. The quantitative estimate of drug-likeness (QED) is 0.521. The second-order valence-corrected chi connectivity index (χ2v) is 5.39. The lowest BCUT2D eigenvalue weighted by Gasteiger charge is -2.00. The van der Waals surface area contributed by atoms with Gasteiger partial charge < -0.3 is 13.6 Å². The molecular weight excluding hydrogens is 296 g/mol. The predicted octanol–water partition coefficient (Wildman–Crippen LogP) is 3.14. The van der Waals surface area contributed by atoms with Crippen LogP contribution in [0.25, 0.3) is 11.1 Å². The molecule has 1 aromatic carbocycles. The fourth-order valence-electron chi connectivity index (χ4n) is 1.75. The lowest BCUT2D eigenvalue weighted by atomic mass is 10.1. The van der Waals surface area contributed by atoms with Crippen molar-refractivity contribution in [3.63, 3.8) is 0 Å². The molecule has 0 radical (unpaired) electrons. The van der Waals surface area contributed by atoms with Crippen LogP contribution < -0.4 is 0 Å². The molecule has 5 nitrogen and oxygen atoms in total. The monoisotopic (exact) mass is 308 g/mol. The summed E-state index contributed by atoms with van der Waals surface area (Å²) in [7, 11) is 0. The van der Waals surface area contributed by atoms with E-state index in [2.05, 4.69) is 4.98 Å². The Morgan fingerprint density at radius 1 is 1.65 bits per heavy atom. The fourth-order valence-corrected chi connectivity index (χ4v) is 2.31. The Hall–Kier alpha value is -1.91. The number of hydrogen-bond donors (Lipinski definition) is 1. The van der Waals surface area contributed by atoms with E-state index < -0.39 is 11.1 Å². The number of nitrogens with one attached hydrogen (secondary N) is 1. The van der Waals surface area contributed by atoms with E-state index in [0.717, 1.165) is 23.1 Å². The molecule has 104 valence electrons. The van der Waals surface area contributed by atoms with E-state index in [9.17, 15) is 4.21 Å². The molecular formula is C13H12N2O3S2. The Bertz CT molecular complexity index is 768. The number of benzene rings is 1. The summed E-state index contributed by atoms with van der Waals surface area (Å²) < 4.78 is 21.0. The SMILES string of the molecule is CS(=O)O/C(C#N)=C/CCc1ccc2oc(=S)[nH]c2c1. The van der Waals surface area contributed by atoms with Crippen molar-refractivity contribution in [2.45, 2.75) is 12.8 Å². The number of allylic oxidation sites excluding steroid dienone is 2. The van der Waals surface area contributed by atoms with Crippen LogP contribution in [-0.2, 0) is 21.7 Å². The van der Waals surface area contributed by atoms with Crippen LogP contribution in [0.1, 0.15) is 12.0 Å². The molecule has 0 saturated carbocycles. The number of oxazole rings is 1. The standard InChI is InChI=1S/C13H12N2O3S2/c1-20(16)18-10(8-14)4-2-3-9-5-6-12-11(7-9)15-13(19)17-12/h4-7H,2-3H2,1H3,(H,15,19)/b10-4+. The molecule has 1 N–H and O–H groups in total. The maximum absolute atomic E-state index is 10.9. The minimum absolute atomic E-state index is 0.0784. The minimum atomic E-state index is -1.48. The number of aromatic amines is 1. The number of aromatic nitrogens is 1.